The number of allylic oxidation sites excluding steroid dienone is 1. The molecular formula is C20H13ClO2S. The van der Waals surface area contributed by atoms with Crippen molar-refractivity contribution in [2.45, 2.75) is 11.8 Å². The number of rotatable bonds is 2. The number of Topliss-reactive ketones (excluding diaryl/α,β-unsaturated/α-hetero) is 1. The second-order valence-electron chi connectivity index (χ2n) is 5.60. The first-order chi connectivity index (χ1) is 11.6. The molecular weight excluding hydrogens is 340 g/mol. The van der Waals surface area contributed by atoms with Gasteiger partial charge >= 0.3 is 0 Å². The van der Waals surface area contributed by atoms with Gasteiger partial charge in [0.1, 0.15) is 11.5 Å². The van der Waals surface area contributed by atoms with Crippen molar-refractivity contribution in [3.8, 4) is 11.3 Å². The van der Waals surface area contributed by atoms with E-state index in [1.54, 1.807) is 6.08 Å². The maximum Gasteiger partial charge on any atom is 0.200 e. The van der Waals surface area contributed by atoms with Gasteiger partial charge in [0.05, 0.1) is 4.91 Å². The Morgan fingerprint density at radius 1 is 1.08 bits per heavy atom. The minimum absolute atomic E-state index is 0.0481. The molecule has 2 aromatic carbocycles. The van der Waals surface area contributed by atoms with Crippen LogP contribution in [0, 0.1) is 6.92 Å². The maximum absolute atomic E-state index is 12.4. The van der Waals surface area contributed by atoms with Gasteiger partial charge in [0.25, 0.3) is 0 Å². The molecule has 2 nitrogen and oxygen atoms in total. The number of aryl methyl sites for hydroxylation is 1. The van der Waals surface area contributed by atoms with Crippen LogP contribution in [0.2, 0.25) is 5.02 Å². The molecule has 0 bridgehead atoms. The molecule has 0 unspecified atom stereocenters. The predicted octanol–water partition coefficient (Wildman–Crippen LogP) is 6.24. The second kappa shape index (κ2) is 6.00. The molecule has 3 aromatic rings. The number of thioether (sulfide) groups is 1. The van der Waals surface area contributed by atoms with E-state index in [0.29, 0.717) is 15.7 Å². The van der Waals surface area contributed by atoms with Crippen LogP contribution in [0.25, 0.3) is 17.4 Å². The maximum atomic E-state index is 12.4. The molecule has 0 radical (unpaired) electrons. The van der Waals surface area contributed by atoms with E-state index in [0.717, 1.165) is 27.3 Å². The highest BCUT2D eigenvalue weighted by atomic mass is 35.5. The summed E-state index contributed by atoms with van der Waals surface area (Å²) < 4.78 is 5.87. The molecule has 4 rings (SSSR count). The average molecular weight is 353 g/mol. The molecule has 0 amide bonds. The Hall–Kier alpha value is -2.23. The van der Waals surface area contributed by atoms with Gasteiger partial charge in [0, 0.05) is 21.0 Å². The van der Waals surface area contributed by atoms with Gasteiger partial charge in [-0.1, -0.05) is 47.6 Å². The van der Waals surface area contributed by atoms with Crippen molar-refractivity contribution >= 4 is 35.2 Å². The quantitative estimate of drug-likeness (QED) is 0.511. The summed E-state index contributed by atoms with van der Waals surface area (Å²) in [5, 5.41) is 0.709. The van der Waals surface area contributed by atoms with Crippen molar-refractivity contribution in [2.24, 2.45) is 0 Å². The standard InChI is InChI=1S/C20H13ClO2S/c1-12-6-7-13(10-16(12)21)17-9-8-14(23-17)11-19-20(22)15-4-2-3-5-18(15)24-19/h2-11H,1H3/b19-11+. The Bertz CT molecular complexity index is 985. The summed E-state index contributed by atoms with van der Waals surface area (Å²) in [6.45, 7) is 1.96. The summed E-state index contributed by atoms with van der Waals surface area (Å²) in [5.74, 6) is 1.44. The summed E-state index contributed by atoms with van der Waals surface area (Å²) in [5.41, 5.74) is 2.70. The van der Waals surface area contributed by atoms with Gasteiger partial charge in [-0.3, -0.25) is 4.79 Å². The van der Waals surface area contributed by atoms with E-state index in [-0.39, 0.29) is 5.78 Å². The number of carbonyl (C=O) groups is 1. The van der Waals surface area contributed by atoms with Crippen LogP contribution < -0.4 is 0 Å². The van der Waals surface area contributed by atoms with Crippen molar-refractivity contribution in [1.82, 2.24) is 0 Å². The third kappa shape index (κ3) is 2.70. The van der Waals surface area contributed by atoms with E-state index in [1.165, 1.54) is 11.8 Å². The Morgan fingerprint density at radius 3 is 2.71 bits per heavy atom. The van der Waals surface area contributed by atoms with Crippen LogP contribution in [-0.4, -0.2) is 5.78 Å². The largest absolute Gasteiger partial charge is 0.457 e. The zero-order chi connectivity index (χ0) is 16.7. The fraction of sp³-hybridized carbons (Fsp3) is 0.0500. The molecule has 1 aliphatic rings. The van der Waals surface area contributed by atoms with Crippen molar-refractivity contribution in [3.63, 3.8) is 0 Å². The molecule has 2 heterocycles. The summed E-state index contributed by atoms with van der Waals surface area (Å²) in [7, 11) is 0. The van der Waals surface area contributed by atoms with E-state index in [4.69, 9.17) is 16.0 Å². The topological polar surface area (TPSA) is 30.2 Å². The fourth-order valence-corrected chi connectivity index (χ4v) is 3.81. The minimum Gasteiger partial charge on any atom is -0.457 e. The number of hydrogen-bond acceptors (Lipinski definition) is 3. The van der Waals surface area contributed by atoms with Gasteiger partial charge in [-0.2, -0.15) is 0 Å². The number of halogens is 1. The normalized spacial score (nSPS) is 15.1. The number of ketones is 1. The highest BCUT2D eigenvalue weighted by Gasteiger charge is 2.25. The first-order valence-electron chi connectivity index (χ1n) is 7.51. The average Bonchev–Trinajstić information content (AvgIpc) is 3.16. The van der Waals surface area contributed by atoms with Crippen LogP contribution in [0.15, 0.2) is 68.8 Å². The lowest BCUT2D eigenvalue weighted by atomic mass is 10.1. The smallest absolute Gasteiger partial charge is 0.200 e. The molecule has 0 spiro atoms. The lowest BCUT2D eigenvalue weighted by molar-refractivity contribution is 0.104. The SMILES string of the molecule is Cc1ccc(-c2ccc(/C=C3/Sc4ccccc4C3=O)o2)cc1Cl. The second-order valence-corrected chi connectivity index (χ2v) is 7.09. The third-order valence-corrected chi connectivity index (χ3v) is 5.44. The first kappa shape index (κ1) is 15.3. The number of benzene rings is 2. The number of carbonyl (C=O) groups excluding carboxylic acids is 1. The van der Waals surface area contributed by atoms with E-state index in [2.05, 4.69) is 0 Å². The summed E-state index contributed by atoms with van der Waals surface area (Å²) in [6, 6.07) is 17.2. The number of fused-ring (bicyclic) bond motifs is 1. The lowest BCUT2D eigenvalue weighted by Crippen LogP contribution is -1.93. The van der Waals surface area contributed by atoms with Crippen LogP contribution in [0.5, 0.6) is 0 Å². The lowest BCUT2D eigenvalue weighted by Gasteiger charge is -2.01. The van der Waals surface area contributed by atoms with Gasteiger partial charge in [-0.05, 0) is 48.9 Å². The third-order valence-electron chi connectivity index (χ3n) is 3.93. The van der Waals surface area contributed by atoms with Crippen LogP contribution in [0.1, 0.15) is 21.7 Å². The summed E-state index contributed by atoms with van der Waals surface area (Å²) in [4.78, 5) is 14.1. The molecule has 0 saturated carbocycles. The molecule has 0 fully saturated rings. The van der Waals surface area contributed by atoms with Crippen molar-refractivity contribution in [1.29, 1.82) is 0 Å². The molecule has 0 N–H and O–H groups in total. The molecule has 0 saturated heterocycles. The molecule has 1 aromatic heterocycles. The Kier molecular flexibility index (Phi) is 3.83. The Balaban J connectivity index is 1.64. The van der Waals surface area contributed by atoms with E-state index >= 15 is 0 Å². The molecule has 118 valence electrons. The summed E-state index contributed by atoms with van der Waals surface area (Å²) >= 11 is 7.66. The first-order valence-corrected chi connectivity index (χ1v) is 8.71. The van der Waals surface area contributed by atoms with E-state index < -0.39 is 0 Å². The van der Waals surface area contributed by atoms with Crippen molar-refractivity contribution in [2.75, 3.05) is 0 Å². The van der Waals surface area contributed by atoms with Gasteiger partial charge in [0.2, 0.25) is 5.78 Å². The van der Waals surface area contributed by atoms with Crippen molar-refractivity contribution < 1.29 is 9.21 Å². The monoisotopic (exact) mass is 352 g/mol. The molecule has 0 atom stereocenters. The van der Waals surface area contributed by atoms with Gasteiger partial charge < -0.3 is 4.42 Å². The van der Waals surface area contributed by atoms with Crippen LogP contribution in [0.3, 0.4) is 0 Å². The molecule has 0 aliphatic carbocycles. The van der Waals surface area contributed by atoms with E-state index in [1.807, 2.05) is 61.5 Å². The number of hydrogen-bond donors (Lipinski definition) is 0. The highest BCUT2D eigenvalue weighted by molar-refractivity contribution is 8.04. The minimum atomic E-state index is 0.0481. The van der Waals surface area contributed by atoms with Gasteiger partial charge in [-0.25, -0.2) is 0 Å². The Morgan fingerprint density at radius 2 is 1.92 bits per heavy atom. The van der Waals surface area contributed by atoms with Gasteiger partial charge in [-0.15, -0.1) is 0 Å². The Labute approximate surface area is 149 Å². The molecule has 4 heteroatoms. The molecule has 24 heavy (non-hydrogen) atoms. The van der Waals surface area contributed by atoms with Crippen LogP contribution >= 0.6 is 23.4 Å². The number of furan rings is 1. The highest BCUT2D eigenvalue weighted by Crippen LogP contribution is 2.41. The predicted molar refractivity (Wildman–Crippen MR) is 98.5 cm³/mol. The van der Waals surface area contributed by atoms with Crippen molar-refractivity contribution in [3.05, 3.63) is 81.4 Å². The molecule has 1 aliphatic heterocycles. The van der Waals surface area contributed by atoms with Gasteiger partial charge in [0.15, 0.2) is 0 Å². The summed E-state index contributed by atoms with van der Waals surface area (Å²) in [6.07, 6.45) is 1.80. The van der Waals surface area contributed by atoms with Crippen LogP contribution in [-0.2, 0) is 0 Å². The zero-order valence-electron chi connectivity index (χ0n) is 12.9. The fourth-order valence-electron chi connectivity index (χ4n) is 2.60. The van der Waals surface area contributed by atoms with Crippen LogP contribution in [0.4, 0.5) is 0 Å². The van der Waals surface area contributed by atoms with E-state index in [9.17, 15) is 4.79 Å². The zero-order valence-corrected chi connectivity index (χ0v) is 14.4.